The highest BCUT2D eigenvalue weighted by atomic mass is 35.5. The summed E-state index contributed by atoms with van der Waals surface area (Å²) >= 11 is 32.2. The van der Waals surface area contributed by atoms with Crippen LogP contribution in [-0.2, 0) is 0 Å². The minimum atomic E-state index is 0.112. The Hall–Kier alpha value is -2.73. The summed E-state index contributed by atoms with van der Waals surface area (Å²) in [7, 11) is 0. The maximum atomic E-state index is 6.61. The van der Waals surface area contributed by atoms with Gasteiger partial charge in [-0.05, 0) is 66.8 Å². The fourth-order valence-corrected chi connectivity index (χ4v) is 5.41. The van der Waals surface area contributed by atoms with Gasteiger partial charge in [0.2, 0.25) is 0 Å². The van der Waals surface area contributed by atoms with Crippen molar-refractivity contribution in [3.63, 3.8) is 0 Å². The molecule has 0 spiro atoms. The van der Waals surface area contributed by atoms with E-state index < -0.39 is 0 Å². The number of halogens is 5. The average molecular weight is 559 g/mol. The Bertz CT molecular complexity index is 1730. The van der Waals surface area contributed by atoms with Crippen LogP contribution in [0, 0.1) is 0 Å². The Kier molecular flexibility index (Phi) is 5.67. The third-order valence-electron chi connectivity index (χ3n) is 5.65. The van der Waals surface area contributed by atoms with Gasteiger partial charge in [-0.15, -0.1) is 0 Å². The molecule has 0 unspecified atom stereocenters. The minimum absolute atomic E-state index is 0.112. The smallest absolute Gasteiger partial charge is 0.0809 e. The molecule has 2 N–H and O–H groups in total. The number of aromatic amines is 2. The molecule has 2 aliphatic rings. The maximum absolute atomic E-state index is 6.61. The SMILES string of the molecule is Clc1c(Cl)c(Cl)c(-c2cc3cc4nc(cc5ccc(cc6nc(cc2[nH]3)C=C6)[nH]5)C=C4)c(Cl)c1Cl. The molecule has 0 amide bonds. The second-order valence-corrected chi connectivity index (χ2v) is 9.92. The van der Waals surface area contributed by atoms with E-state index in [9.17, 15) is 0 Å². The molecule has 4 nitrogen and oxygen atoms in total. The topological polar surface area (TPSA) is 57.4 Å². The molecular formula is C26H13Cl5N4. The van der Waals surface area contributed by atoms with Gasteiger partial charge in [-0.3, -0.25) is 0 Å². The van der Waals surface area contributed by atoms with Crippen LogP contribution in [0.5, 0.6) is 0 Å². The van der Waals surface area contributed by atoms with Gasteiger partial charge in [0, 0.05) is 33.2 Å². The van der Waals surface area contributed by atoms with Gasteiger partial charge in [0.1, 0.15) is 0 Å². The molecule has 35 heavy (non-hydrogen) atoms. The highest BCUT2D eigenvalue weighted by Gasteiger charge is 2.22. The second-order valence-electron chi connectivity index (χ2n) is 8.03. The number of hydrogen-bond donors (Lipinski definition) is 2. The zero-order valence-corrected chi connectivity index (χ0v) is 21.4. The van der Waals surface area contributed by atoms with Crippen LogP contribution in [0.4, 0.5) is 0 Å². The molecule has 5 heterocycles. The summed E-state index contributed by atoms with van der Waals surface area (Å²) in [5.74, 6) is 0. The highest BCUT2D eigenvalue weighted by molar-refractivity contribution is 6.56. The van der Waals surface area contributed by atoms with Crippen molar-refractivity contribution in [3.05, 3.63) is 90.4 Å². The van der Waals surface area contributed by atoms with Crippen molar-refractivity contribution < 1.29 is 0 Å². The van der Waals surface area contributed by atoms with E-state index >= 15 is 0 Å². The summed E-state index contributed by atoms with van der Waals surface area (Å²) in [4.78, 5) is 16.2. The van der Waals surface area contributed by atoms with Crippen molar-refractivity contribution >= 4 is 104 Å². The quantitative estimate of drug-likeness (QED) is 0.156. The molecule has 0 aliphatic carbocycles. The Morgan fingerprint density at radius 2 is 0.943 bits per heavy atom. The zero-order valence-electron chi connectivity index (χ0n) is 17.6. The number of aromatic nitrogens is 4. The van der Waals surface area contributed by atoms with Gasteiger partial charge < -0.3 is 9.97 Å². The molecule has 8 bridgehead atoms. The van der Waals surface area contributed by atoms with Gasteiger partial charge in [0.05, 0.1) is 47.9 Å². The first kappa shape index (κ1) is 22.7. The van der Waals surface area contributed by atoms with Gasteiger partial charge in [-0.2, -0.15) is 0 Å². The average Bonchev–Trinajstić information content (AvgIpc) is 3.62. The minimum Gasteiger partial charge on any atom is -0.355 e. The van der Waals surface area contributed by atoms with E-state index in [2.05, 4.69) is 9.97 Å². The molecule has 9 heteroatoms. The Morgan fingerprint density at radius 3 is 1.49 bits per heavy atom. The van der Waals surface area contributed by atoms with E-state index in [1.165, 1.54) is 0 Å². The van der Waals surface area contributed by atoms with E-state index in [0.29, 0.717) is 11.1 Å². The molecule has 0 fully saturated rings. The molecular weight excluding hydrogens is 546 g/mol. The number of H-pyrrole nitrogens is 2. The zero-order chi connectivity index (χ0) is 24.3. The molecule has 0 atom stereocenters. The van der Waals surface area contributed by atoms with Crippen molar-refractivity contribution in [2.75, 3.05) is 0 Å². The standard InChI is InChI=1S/C26H13Cl5N4/c27-22-21(23(28)25(30)26(31)24(22)29)19-10-18-9-16-4-3-14(33-16)7-12-1-2-13(32-12)8-15-5-6-17(34-15)11-20(19)35-18/h1-11,32,35H. The van der Waals surface area contributed by atoms with E-state index in [4.69, 9.17) is 68.0 Å². The number of nitrogens with one attached hydrogen (secondary N) is 2. The number of benzene rings is 1. The van der Waals surface area contributed by atoms with Crippen molar-refractivity contribution in [2.24, 2.45) is 0 Å². The summed E-state index contributed by atoms with van der Waals surface area (Å²) in [6.45, 7) is 0. The fourth-order valence-electron chi connectivity index (χ4n) is 4.07. The van der Waals surface area contributed by atoms with E-state index in [-0.39, 0.29) is 25.1 Å². The first-order valence-corrected chi connectivity index (χ1v) is 12.3. The molecule has 3 aromatic heterocycles. The summed E-state index contributed by atoms with van der Waals surface area (Å²) < 4.78 is 0. The number of nitrogens with zero attached hydrogens (tertiary/aromatic N) is 2. The number of rotatable bonds is 1. The van der Waals surface area contributed by atoms with Gasteiger partial charge in [-0.1, -0.05) is 58.0 Å². The van der Waals surface area contributed by atoms with Crippen LogP contribution in [0.2, 0.25) is 25.1 Å². The lowest BCUT2D eigenvalue weighted by molar-refractivity contribution is 1.31. The van der Waals surface area contributed by atoms with Crippen LogP contribution < -0.4 is 0 Å². The molecule has 6 rings (SSSR count). The lowest BCUT2D eigenvalue weighted by Gasteiger charge is -2.11. The number of hydrogen-bond acceptors (Lipinski definition) is 2. The van der Waals surface area contributed by atoms with Gasteiger partial charge in [0.25, 0.3) is 0 Å². The molecule has 4 aromatic rings. The third kappa shape index (κ3) is 4.16. The normalized spacial score (nSPS) is 12.5. The lowest BCUT2D eigenvalue weighted by atomic mass is 10.1. The molecule has 2 aliphatic heterocycles. The van der Waals surface area contributed by atoms with Crippen LogP contribution in [0.15, 0.2) is 42.5 Å². The van der Waals surface area contributed by atoms with Gasteiger partial charge in [-0.25, -0.2) is 9.97 Å². The molecule has 0 radical (unpaired) electrons. The number of fused-ring (bicyclic) bond motifs is 8. The first-order valence-electron chi connectivity index (χ1n) is 10.5. The highest BCUT2D eigenvalue weighted by Crippen LogP contribution is 2.49. The van der Waals surface area contributed by atoms with Crippen LogP contribution in [0.1, 0.15) is 22.8 Å². The molecule has 0 saturated heterocycles. The Labute approximate surface area is 224 Å². The second kappa shape index (κ2) is 8.74. The molecule has 172 valence electrons. The van der Waals surface area contributed by atoms with E-state index in [1.54, 1.807) is 0 Å². The first-order chi connectivity index (χ1) is 16.9. The van der Waals surface area contributed by atoms with Crippen LogP contribution >= 0.6 is 58.0 Å². The summed E-state index contributed by atoms with van der Waals surface area (Å²) in [6.07, 6.45) is 7.79. The monoisotopic (exact) mass is 556 g/mol. The van der Waals surface area contributed by atoms with Crippen LogP contribution in [0.25, 0.3) is 57.5 Å². The van der Waals surface area contributed by atoms with Crippen molar-refractivity contribution in [3.8, 4) is 11.1 Å². The fraction of sp³-hybridized carbons (Fsp3) is 0. The summed E-state index contributed by atoms with van der Waals surface area (Å²) in [5.41, 5.74) is 7.80. The van der Waals surface area contributed by atoms with Gasteiger partial charge in [0.15, 0.2) is 0 Å². The third-order valence-corrected chi connectivity index (χ3v) is 7.92. The molecule has 1 aromatic carbocycles. The predicted molar refractivity (Wildman–Crippen MR) is 149 cm³/mol. The van der Waals surface area contributed by atoms with Crippen molar-refractivity contribution in [1.82, 2.24) is 19.9 Å². The van der Waals surface area contributed by atoms with Gasteiger partial charge >= 0.3 is 0 Å². The van der Waals surface area contributed by atoms with E-state index in [1.807, 2.05) is 66.8 Å². The Balaban J connectivity index is 1.71. The lowest BCUT2D eigenvalue weighted by Crippen LogP contribution is -1.86. The molecule has 0 saturated carbocycles. The largest absolute Gasteiger partial charge is 0.355 e. The maximum Gasteiger partial charge on any atom is 0.0809 e. The van der Waals surface area contributed by atoms with Crippen molar-refractivity contribution in [2.45, 2.75) is 0 Å². The van der Waals surface area contributed by atoms with E-state index in [0.717, 1.165) is 44.8 Å². The summed E-state index contributed by atoms with van der Waals surface area (Å²) in [6, 6.07) is 13.7. The van der Waals surface area contributed by atoms with Crippen LogP contribution in [0.3, 0.4) is 0 Å². The van der Waals surface area contributed by atoms with Crippen LogP contribution in [-0.4, -0.2) is 19.9 Å². The predicted octanol–water partition coefficient (Wildman–Crippen LogP) is 9.59. The van der Waals surface area contributed by atoms with Crippen molar-refractivity contribution in [1.29, 1.82) is 0 Å². The summed E-state index contributed by atoms with van der Waals surface area (Å²) in [5, 5.41) is 0.820. The Morgan fingerprint density at radius 1 is 0.486 bits per heavy atom.